The van der Waals surface area contributed by atoms with Gasteiger partial charge < -0.3 is 0 Å². The lowest BCUT2D eigenvalue weighted by Gasteiger charge is -2.16. The number of rotatable bonds is 2. The number of carbonyl (C=O) groups is 1. The molecule has 21 heavy (non-hydrogen) atoms. The number of hydrogen-bond donors (Lipinski definition) is 2. The molecule has 2 amide bonds. The van der Waals surface area contributed by atoms with Crippen LogP contribution in [0.25, 0.3) is 0 Å². The Balaban J connectivity index is 0.00000400. The number of anilines is 1. The van der Waals surface area contributed by atoms with Gasteiger partial charge in [-0.15, -0.1) is 12.4 Å². The number of nitrogens with one attached hydrogen (secondary N) is 2. The van der Waals surface area contributed by atoms with E-state index >= 15 is 0 Å². The van der Waals surface area contributed by atoms with Gasteiger partial charge in [0.25, 0.3) is 0 Å². The van der Waals surface area contributed by atoms with Gasteiger partial charge in [0.2, 0.25) is 0 Å². The Bertz CT molecular complexity index is 504. The normalized spacial score (nSPS) is 9.43. The molecule has 0 radical (unpaired) electrons. The second kappa shape index (κ2) is 8.52. The molecule has 0 saturated carbocycles. The molecule has 1 rings (SSSR count). The lowest BCUT2D eigenvalue weighted by atomic mass is 10.1. The van der Waals surface area contributed by atoms with E-state index in [0.29, 0.717) is 0 Å². The Morgan fingerprint density at radius 3 is 2.19 bits per heavy atom. The Hall–Kier alpha value is -1.75. The fraction of sp³-hybridized carbons (Fsp3) is 0.467. The van der Waals surface area contributed by atoms with Gasteiger partial charge in [0.1, 0.15) is 0 Å². The third kappa shape index (κ3) is 5.27. The summed E-state index contributed by atoms with van der Waals surface area (Å²) in [5.74, 6) is 0.760. The number of benzene rings is 1. The monoisotopic (exact) mass is 313 g/mol. The fourth-order valence-corrected chi connectivity index (χ4v) is 1.96. The van der Waals surface area contributed by atoms with Gasteiger partial charge in [0, 0.05) is 5.69 Å². The molecule has 0 aliphatic carbocycles. The van der Waals surface area contributed by atoms with E-state index in [1.54, 1.807) is 0 Å². The van der Waals surface area contributed by atoms with Gasteiger partial charge in [-0.1, -0.05) is 18.2 Å². The summed E-state index contributed by atoms with van der Waals surface area (Å²) in [7, 11) is 5.75. The zero-order valence-electron chi connectivity index (χ0n) is 13.7. The first-order chi connectivity index (χ1) is 9.36. The second-order valence-corrected chi connectivity index (χ2v) is 5.08. The number of halogens is 1. The van der Waals surface area contributed by atoms with E-state index < -0.39 is 0 Å². The van der Waals surface area contributed by atoms with E-state index in [-0.39, 0.29) is 18.4 Å². The first kappa shape index (κ1) is 19.2. The van der Waals surface area contributed by atoms with E-state index in [4.69, 9.17) is 0 Å². The number of nitrogens with zero attached hydrogens (tertiary/aromatic N) is 2. The van der Waals surface area contributed by atoms with Crippen LogP contribution in [-0.4, -0.2) is 49.2 Å². The molecule has 6 heteroatoms. The Morgan fingerprint density at radius 2 is 1.76 bits per heavy atom. The largest absolute Gasteiger partial charge is 0.384 e. The van der Waals surface area contributed by atoms with Crippen LogP contribution in [0.1, 0.15) is 18.1 Å². The summed E-state index contributed by atoms with van der Waals surface area (Å²) in [4.78, 5) is 14.1. The number of guanidine groups is 1. The van der Waals surface area contributed by atoms with Crippen molar-refractivity contribution in [3.63, 3.8) is 0 Å². The topological polar surface area (TPSA) is 47.4 Å². The lowest BCUT2D eigenvalue weighted by molar-refractivity contribution is -0.471. The van der Waals surface area contributed by atoms with Crippen LogP contribution in [0, 0.1) is 13.8 Å². The van der Waals surface area contributed by atoms with Crippen molar-refractivity contribution in [2.75, 3.05) is 33.0 Å². The van der Waals surface area contributed by atoms with Gasteiger partial charge in [-0.25, -0.2) is 4.79 Å². The summed E-state index contributed by atoms with van der Waals surface area (Å²) in [6, 6.07) is 5.72. The SMILES string of the molecule is CCN(C)C(NC(=O)Nc1c(C)cccc1C)=[N+](C)C.Cl. The molecule has 0 fully saturated rings. The maximum atomic E-state index is 12.2. The summed E-state index contributed by atoms with van der Waals surface area (Å²) >= 11 is 0. The van der Waals surface area contributed by atoms with Crippen molar-refractivity contribution >= 4 is 30.1 Å². The zero-order valence-corrected chi connectivity index (χ0v) is 14.5. The second-order valence-electron chi connectivity index (χ2n) is 5.08. The predicted octanol–water partition coefficient (Wildman–Crippen LogP) is 2.43. The third-order valence-electron chi connectivity index (χ3n) is 3.20. The minimum absolute atomic E-state index is 0. The molecule has 1 aromatic rings. The number of urea groups is 1. The van der Waals surface area contributed by atoms with Crippen LogP contribution in [-0.2, 0) is 0 Å². The van der Waals surface area contributed by atoms with Crippen molar-refractivity contribution in [1.82, 2.24) is 10.2 Å². The molecule has 0 heterocycles. The molecule has 0 bridgehead atoms. The van der Waals surface area contributed by atoms with Gasteiger partial charge in [0.15, 0.2) is 0 Å². The summed E-state index contributed by atoms with van der Waals surface area (Å²) in [6.07, 6.45) is 0. The first-order valence-electron chi connectivity index (χ1n) is 6.76. The number of carbonyl (C=O) groups excluding carboxylic acids is 1. The van der Waals surface area contributed by atoms with Crippen molar-refractivity contribution in [3.05, 3.63) is 29.3 Å². The molecule has 1 aromatic carbocycles. The van der Waals surface area contributed by atoms with Gasteiger partial charge in [-0.05, 0) is 31.9 Å². The molecule has 0 atom stereocenters. The van der Waals surface area contributed by atoms with Crippen molar-refractivity contribution in [1.29, 1.82) is 0 Å². The van der Waals surface area contributed by atoms with Gasteiger partial charge >= 0.3 is 12.0 Å². The molecule has 5 nitrogen and oxygen atoms in total. The number of amides is 2. The summed E-state index contributed by atoms with van der Waals surface area (Å²) in [6.45, 7) is 6.82. The number of para-hydroxylation sites is 1. The van der Waals surface area contributed by atoms with Crippen molar-refractivity contribution in [3.8, 4) is 0 Å². The highest BCUT2D eigenvalue weighted by atomic mass is 35.5. The summed E-state index contributed by atoms with van der Waals surface area (Å²) in [5, 5.41) is 5.81. The maximum Gasteiger partial charge on any atom is 0.384 e. The molecule has 2 N–H and O–H groups in total. The highest BCUT2D eigenvalue weighted by Crippen LogP contribution is 2.18. The Kier molecular flexibility index (Phi) is 7.81. The van der Waals surface area contributed by atoms with E-state index in [0.717, 1.165) is 29.3 Å². The van der Waals surface area contributed by atoms with Crippen LogP contribution in [0.5, 0.6) is 0 Å². The average Bonchev–Trinajstić information content (AvgIpc) is 2.39. The van der Waals surface area contributed by atoms with Crippen molar-refractivity contribution < 1.29 is 9.37 Å². The highest BCUT2D eigenvalue weighted by Gasteiger charge is 2.19. The Morgan fingerprint density at radius 1 is 1.24 bits per heavy atom. The average molecular weight is 314 g/mol. The number of hydrogen-bond acceptors (Lipinski definition) is 1. The van der Waals surface area contributed by atoms with E-state index in [1.165, 1.54) is 0 Å². The fourth-order valence-electron chi connectivity index (χ4n) is 1.96. The van der Waals surface area contributed by atoms with E-state index in [1.807, 2.05) is 69.6 Å². The molecule has 0 unspecified atom stereocenters. The van der Waals surface area contributed by atoms with Crippen LogP contribution >= 0.6 is 12.4 Å². The van der Waals surface area contributed by atoms with Crippen LogP contribution in [0.4, 0.5) is 10.5 Å². The Labute approximate surface area is 133 Å². The summed E-state index contributed by atoms with van der Waals surface area (Å²) < 4.78 is 1.88. The van der Waals surface area contributed by atoms with E-state index in [2.05, 4.69) is 10.6 Å². The maximum absolute atomic E-state index is 12.2. The van der Waals surface area contributed by atoms with Crippen molar-refractivity contribution in [2.24, 2.45) is 0 Å². The molecular formula is C15H26ClN4O+. The molecule has 0 saturated heterocycles. The first-order valence-corrected chi connectivity index (χ1v) is 6.76. The van der Waals surface area contributed by atoms with Gasteiger partial charge in [-0.3, -0.25) is 14.8 Å². The van der Waals surface area contributed by atoms with Crippen molar-refractivity contribution in [2.45, 2.75) is 20.8 Å². The molecule has 0 aliphatic rings. The van der Waals surface area contributed by atoms with E-state index in [9.17, 15) is 4.79 Å². The highest BCUT2D eigenvalue weighted by molar-refractivity contribution is 6.01. The van der Waals surface area contributed by atoms with Crippen LogP contribution in [0.2, 0.25) is 0 Å². The zero-order chi connectivity index (χ0) is 15.3. The smallest absolute Gasteiger partial charge is 0.294 e. The molecule has 118 valence electrons. The predicted molar refractivity (Wildman–Crippen MR) is 90.7 cm³/mol. The van der Waals surface area contributed by atoms with Gasteiger partial charge in [0.05, 0.1) is 27.7 Å². The molecule has 0 aromatic heterocycles. The van der Waals surface area contributed by atoms with Crippen LogP contribution in [0.3, 0.4) is 0 Å². The lowest BCUT2D eigenvalue weighted by Crippen LogP contribution is -2.48. The van der Waals surface area contributed by atoms with Crippen LogP contribution < -0.4 is 10.6 Å². The summed E-state index contributed by atoms with van der Waals surface area (Å²) in [5.41, 5.74) is 2.97. The standard InChI is InChI=1S/C15H24N4O.ClH/c1-7-19(6)15(18(4)5)17-14(20)16-13-11(2)9-8-10-12(13)3;/h8-10H,7H2,1-6H3,(H,16,20);1H/p+1. The molecular weight excluding hydrogens is 288 g/mol. The minimum Gasteiger partial charge on any atom is -0.294 e. The quantitative estimate of drug-likeness (QED) is 0.500. The number of aryl methyl sites for hydroxylation is 2. The molecule has 0 aliphatic heterocycles. The third-order valence-corrected chi connectivity index (χ3v) is 3.20. The minimum atomic E-state index is -0.230. The van der Waals surface area contributed by atoms with Gasteiger partial charge in [-0.2, -0.15) is 5.32 Å². The van der Waals surface area contributed by atoms with Crippen LogP contribution in [0.15, 0.2) is 18.2 Å². The molecule has 0 spiro atoms.